The van der Waals surface area contributed by atoms with Gasteiger partial charge >= 0.3 is 0 Å². The SMILES string of the molecule is CCc1ccc(S(=O)(=O)NCCN2CCOc3ccccc32)cc1. The second kappa shape index (κ2) is 7.23. The van der Waals surface area contributed by atoms with E-state index in [-0.39, 0.29) is 0 Å². The zero-order valence-corrected chi connectivity index (χ0v) is 14.6. The number of nitrogens with zero attached hydrogens (tertiary/aromatic N) is 1. The van der Waals surface area contributed by atoms with Gasteiger partial charge in [0.2, 0.25) is 10.0 Å². The molecule has 1 N–H and O–H groups in total. The molecule has 128 valence electrons. The molecule has 2 aromatic rings. The van der Waals surface area contributed by atoms with E-state index >= 15 is 0 Å². The molecule has 5 nitrogen and oxygen atoms in total. The molecule has 1 aliphatic rings. The van der Waals surface area contributed by atoms with E-state index in [0.29, 0.717) is 24.6 Å². The van der Waals surface area contributed by atoms with Crippen molar-refractivity contribution in [1.29, 1.82) is 0 Å². The number of benzene rings is 2. The number of hydrogen-bond acceptors (Lipinski definition) is 4. The molecule has 0 aromatic heterocycles. The van der Waals surface area contributed by atoms with Gasteiger partial charge in [-0.25, -0.2) is 13.1 Å². The van der Waals surface area contributed by atoms with Gasteiger partial charge in [-0.2, -0.15) is 0 Å². The van der Waals surface area contributed by atoms with Gasteiger partial charge in [0.25, 0.3) is 0 Å². The van der Waals surface area contributed by atoms with Gasteiger partial charge in [-0.05, 0) is 36.2 Å². The third-order valence-corrected chi connectivity index (χ3v) is 5.62. The summed E-state index contributed by atoms with van der Waals surface area (Å²) in [6.07, 6.45) is 0.893. The average molecular weight is 346 g/mol. The Labute approximate surface area is 143 Å². The standard InChI is InChI=1S/C18H22N2O3S/c1-2-15-7-9-16(10-8-15)24(21,22)19-11-12-20-13-14-23-18-6-4-3-5-17(18)20/h3-10,19H,2,11-14H2,1H3. The Balaban J connectivity index is 1.62. The van der Waals surface area contributed by atoms with Crippen molar-refractivity contribution in [3.8, 4) is 5.75 Å². The molecule has 0 saturated heterocycles. The summed E-state index contributed by atoms with van der Waals surface area (Å²) >= 11 is 0. The average Bonchev–Trinajstić information content (AvgIpc) is 2.62. The minimum absolute atomic E-state index is 0.307. The summed E-state index contributed by atoms with van der Waals surface area (Å²) in [7, 11) is -3.47. The lowest BCUT2D eigenvalue weighted by Gasteiger charge is -2.31. The highest BCUT2D eigenvalue weighted by Crippen LogP contribution is 2.30. The largest absolute Gasteiger partial charge is 0.490 e. The maximum absolute atomic E-state index is 12.4. The van der Waals surface area contributed by atoms with E-state index in [2.05, 4.69) is 9.62 Å². The minimum Gasteiger partial charge on any atom is -0.490 e. The number of fused-ring (bicyclic) bond motifs is 1. The van der Waals surface area contributed by atoms with Crippen LogP contribution in [-0.2, 0) is 16.4 Å². The molecule has 0 saturated carbocycles. The summed E-state index contributed by atoms with van der Waals surface area (Å²) in [5.74, 6) is 0.849. The molecule has 1 aliphatic heterocycles. The molecule has 0 fully saturated rings. The van der Waals surface area contributed by atoms with Crippen LogP contribution in [0.15, 0.2) is 53.4 Å². The van der Waals surface area contributed by atoms with Crippen molar-refractivity contribution in [2.24, 2.45) is 0 Å². The molecular weight excluding hydrogens is 324 g/mol. The highest BCUT2D eigenvalue weighted by molar-refractivity contribution is 7.89. The van der Waals surface area contributed by atoms with Crippen molar-refractivity contribution in [2.45, 2.75) is 18.2 Å². The van der Waals surface area contributed by atoms with Crippen molar-refractivity contribution in [3.63, 3.8) is 0 Å². The Morgan fingerprint density at radius 3 is 2.62 bits per heavy atom. The van der Waals surface area contributed by atoms with Gasteiger partial charge in [0.1, 0.15) is 12.4 Å². The summed E-state index contributed by atoms with van der Waals surface area (Å²) in [6.45, 7) is 4.37. The Morgan fingerprint density at radius 1 is 1.12 bits per heavy atom. The van der Waals surface area contributed by atoms with Gasteiger partial charge in [-0.15, -0.1) is 0 Å². The van der Waals surface area contributed by atoms with Crippen molar-refractivity contribution < 1.29 is 13.2 Å². The van der Waals surface area contributed by atoms with E-state index in [1.54, 1.807) is 12.1 Å². The van der Waals surface area contributed by atoms with Crippen LogP contribution in [0.4, 0.5) is 5.69 Å². The molecule has 24 heavy (non-hydrogen) atoms. The lowest BCUT2D eigenvalue weighted by atomic mass is 10.2. The second-order valence-electron chi connectivity index (χ2n) is 5.70. The molecule has 0 bridgehead atoms. The molecule has 0 spiro atoms. The number of ether oxygens (including phenoxy) is 1. The monoisotopic (exact) mass is 346 g/mol. The van der Waals surface area contributed by atoms with E-state index in [1.807, 2.05) is 43.3 Å². The lowest BCUT2D eigenvalue weighted by Crippen LogP contribution is -2.39. The smallest absolute Gasteiger partial charge is 0.240 e. The number of anilines is 1. The number of hydrogen-bond donors (Lipinski definition) is 1. The van der Waals surface area contributed by atoms with Crippen molar-refractivity contribution >= 4 is 15.7 Å². The highest BCUT2D eigenvalue weighted by Gasteiger charge is 2.18. The van der Waals surface area contributed by atoms with Gasteiger partial charge in [0.05, 0.1) is 17.1 Å². The van der Waals surface area contributed by atoms with Crippen LogP contribution in [-0.4, -0.2) is 34.7 Å². The van der Waals surface area contributed by atoms with Crippen LogP contribution in [0.25, 0.3) is 0 Å². The van der Waals surface area contributed by atoms with Gasteiger partial charge in [0, 0.05) is 13.1 Å². The van der Waals surface area contributed by atoms with Gasteiger partial charge in [0.15, 0.2) is 0 Å². The fraction of sp³-hybridized carbons (Fsp3) is 0.333. The van der Waals surface area contributed by atoms with E-state index < -0.39 is 10.0 Å². The zero-order valence-electron chi connectivity index (χ0n) is 13.7. The van der Waals surface area contributed by atoms with E-state index in [1.165, 1.54) is 0 Å². The quantitative estimate of drug-likeness (QED) is 0.873. The van der Waals surface area contributed by atoms with Crippen LogP contribution in [0.3, 0.4) is 0 Å². The lowest BCUT2D eigenvalue weighted by molar-refractivity contribution is 0.308. The maximum Gasteiger partial charge on any atom is 0.240 e. The molecule has 6 heteroatoms. The normalized spacial score (nSPS) is 14.1. The Morgan fingerprint density at radius 2 is 1.88 bits per heavy atom. The van der Waals surface area contributed by atoms with E-state index in [9.17, 15) is 8.42 Å². The van der Waals surface area contributed by atoms with Crippen molar-refractivity contribution in [3.05, 3.63) is 54.1 Å². The van der Waals surface area contributed by atoms with Crippen LogP contribution in [0.2, 0.25) is 0 Å². The molecule has 0 atom stereocenters. The predicted octanol–water partition coefficient (Wildman–Crippen LogP) is 2.43. The number of aryl methyl sites for hydroxylation is 1. The summed E-state index contributed by atoms with van der Waals surface area (Å²) in [5, 5.41) is 0. The maximum atomic E-state index is 12.4. The molecular formula is C18H22N2O3S. The topological polar surface area (TPSA) is 58.6 Å². The van der Waals surface area contributed by atoms with Crippen molar-refractivity contribution in [2.75, 3.05) is 31.1 Å². The Hall–Kier alpha value is -2.05. The van der Waals surface area contributed by atoms with Crippen LogP contribution >= 0.6 is 0 Å². The number of nitrogens with one attached hydrogen (secondary N) is 1. The Kier molecular flexibility index (Phi) is 5.06. The summed E-state index contributed by atoms with van der Waals surface area (Å²) in [5.41, 5.74) is 2.13. The summed E-state index contributed by atoms with van der Waals surface area (Å²) in [6, 6.07) is 14.8. The Bertz CT molecular complexity index is 788. The van der Waals surface area contributed by atoms with E-state index in [4.69, 9.17) is 4.74 Å². The fourth-order valence-corrected chi connectivity index (χ4v) is 3.78. The highest BCUT2D eigenvalue weighted by atomic mass is 32.2. The van der Waals surface area contributed by atoms with Crippen LogP contribution in [0.5, 0.6) is 5.75 Å². The molecule has 3 rings (SSSR count). The predicted molar refractivity (Wildman–Crippen MR) is 95.2 cm³/mol. The van der Waals surface area contributed by atoms with Gasteiger partial charge in [-0.3, -0.25) is 0 Å². The molecule has 2 aromatic carbocycles. The van der Waals surface area contributed by atoms with Crippen LogP contribution in [0, 0.1) is 0 Å². The summed E-state index contributed by atoms with van der Waals surface area (Å²) < 4.78 is 33.0. The molecule has 0 unspecified atom stereocenters. The first-order valence-corrected chi connectivity index (χ1v) is 9.64. The van der Waals surface area contributed by atoms with Crippen LogP contribution < -0.4 is 14.4 Å². The number of para-hydroxylation sites is 2. The number of sulfonamides is 1. The van der Waals surface area contributed by atoms with Gasteiger partial charge < -0.3 is 9.64 Å². The first-order chi connectivity index (χ1) is 11.6. The number of rotatable bonds is 6. The first-order valence-electron chi connectivity index (χ1n) is 8.15. The first kappa shape index (κ1) is 16.8. The zero-order chi connectivity index (χ0) is 17.0. The third-order valence-electron chi connectivity index (χ3n) is 4.14. The summed E-state index contributed by atoms with van der Waals surface area (Å²) in [4.78, 5) is 2.45. The molecule has 0 amide bonds. The van der Waals surface area contributed by atoms with Crippen molar-refractivity contribution in [1.82, 2.24) is 4.72 Å². The van der Waals surface area contributed by atoms with E-state index in [0.717, 1.165) is 30.0 Å². The fourth-order valence-electron chi connectivity index (χ4n) is 2.76. The molecule has 0 aliphatic carbocycles. The third kappa shape index (κ3) is 3.71. The second-order valence-corrected chi connectivity index (χ2v) is 7.47. The minimum atomic E-state index is -3.47. The van der Waals surface area contributed by atoms with Gasteiger partial charge in [-0.1, -0.05) is 31.2 Å². The van der Waals surface area contributed by atoms with Crippen LogP contribution in [0.1, 0.15) is 12.5 Å². The molecule has 0 radical (unpaired) electrons. The molecule has 1 heterocycles.